The fourth-order valence-electron chi connectivity index (χ4n) is 7.04. The van der Waals surface area contributed by atoms with Crippen LogP contribution in [0.5, 0.6) is 5.75 Å². The molecule has 2 aliphatic carbocycles. The Balaban J connectivity index is 1.43. The molecule has 6 nitrogen and oxygen atoms in total. The molecule has 0 unspecified atom stereocenters. The van der Waals surface area contributed by atoms with Crippen LogP contribution >= 0.6 is 0 Å². The van der Waals surface area contributed by atoms with Gasteiger partial charge in [-0.1, -0.05) is 48.9 Å². The highest BCUT2D eigenvalue weighted by atomic mass is 16.5. The summed E-state index contributed by atoms with van der Waals surface area (Å²) in [6.45, 7) is 2.20. The van der Waals surface area contributed by atoms with Crippen LogP contribution in [0.15, 0.2) is 59.6 Å². The summed E-state index contributed by atoms with van der Waals surface area (Å²) in [4.78, 5) is 25.2. The van der Waals surface area contributed by atoms with Crippen molar-refractivity contribution in [3.63, 3.8) is 0 Å². The van der Waals surface area contributed by atoms with Crippen molar-refractivity contribution in [2.24, 2.45) is 10.4 Å². The molecule has 3 fully saturated rings. The van der Waals surface area contributed by atoms with E-state index in [0.29, 0.717) is 6.54 Å². The number of methoxy groups -OCH3 is 1. The highest BCUT2D eigenvalue weighted by molar-refractivity contribution is 5.79. The lowest BCUT2D eigenvalue weighted by atomic mass is 9.66. The van der Waals surface area contributed by atoms with Gasteiger partial charge in [0, 0.05) is 43.9 Å². The molecule has 3 aliphatic rings. The molecule has 0 N–H and O–H groups in total. The van der Waals surface area contributed by atoms with Crippen LogP contribution < -0.4 is 4.74 Å². The standard InChI is InChI=1S/C31H42N4O2/c1-32-22-29(15-8-16-29)23-35-28(36)34(21-25-11-13-27(37-4)14-12-25)24-30(35)17-19-31(20-18-30,33(2)3)26-9-6-5-7-10-26/h5-7,9-14,22H,8,15-21,23-24H2,1-4H3/b32-22+/t30-,31+. The summed E-state index contributed by atoms with van der Waals surface area (Å²) in [5.41, 5.74) is 2.42. The van der Waals surface area contributed by atoms with E-state index in [-0.39, 0.29) is 22.5 Å². The van der Waals surface area contributed by atoms with E-state index in [9.17, 15) is 4.79 Å². The smallest absolute Gasteiger partial charge is 0.320 e. The Morgan fingerprint density at radius 2 is 1.65 bits per heavy atom. The SMILES string of the molecule is C/N=C/C1(CN2C(=O)N(Cc3ccc(OC)cc3)C[C@]23CC[C@](c2ccccc2)(N(C)C)CC3)CCC1. The van der Waals surface area contributed by atoms with Crippen molar-refractivity contribution < 1.29 is 9.53 Å². The summed E-state index contributed by atoms with van der Waals surface area (Å²) in [5.74, 6) is 0.841. The summed E-state index contributed by atoms with van der Waals surface area (Å²) in [5, 5.41) is 0. The van der Waals surface area contributed by atoms with Gasteiger partial charge in [-0.05, 0) is 75.9 Å². The van der Waals surface area contributed by atoms with E-state index < -0.39 is 0 Å². The second-order valence-electron chi connectivity index (χ2n) is 11.7. The third-order valence-electron chi connectivity index (χ3n) is 9.49. The minimum absolute atomic E-state index is 0.00364. The molecule has 5 rings (SSSR count). The van der Waals surface area contributed by atoms with Gasteiger partial charge in [0.25, 0.3) is 0 Å². The molecule has 2 saturated carbocycles. The molecular formula is C31H42N4O2. The van der Waals surface area contributed by atoms with E-state index >= 15 is 0 Å². The predicted molar refractivity (Wildman–Crippen MR) is 149 cm³/mol. The molecule has 198 valence electrons. The molecular weight excluding hydrogens is 460 g/mol. The first-order valence-corrected chi connectivity index (χ1v) is 13.7. The zero-order chi connectivity index (χ0) is 26.1. The minimum Gasteiger partial charge on any atom is -0.497 e. The van der Waals surface area contributed by atoms with Gasteiger partial charge in [0.1, 0.15) is 5.75 Å². The van der Waals surface area contributed by atoms with Gasteiger partial charge in [0.2, 0.25) is 0 Å². The van der Waals surface area contributed by atoms with Crippen molar-refractivity contribution in [1.29, 1.82) is 0 Å². The topological polar surface area (TPSA) is 48.4 Å². The van der Waals surface area contributed by atoms with Crippen molar-refractivity contribution in [2.75, 3.05) is 41.3 Å². The zero-order valence-electron chi connectivity index (χ0n) is 22.9. The Labute approximate surface area is 222 Å². The van der Waals surface area contributed by atoms with Crippen molar-refractivity contribution in [1.82, 2.24) is 14.7 Å². The second-order valence-corrected chi connectivity index (χ2v) is 11.7. The van der Waals surface area contributed by atoms with Gasteiger partial charge in [-0.15, -0.1) is 0 Å². The number of carbonyl (C=O) groups is 1. The fourth-order valence-corrected chi connectivity index (χ4v) is 7.04. The van der Waals surface area contributed by atoms with Crippen LogP contribution in [0.2, 0.25) is 0 Å². The molecule has 0 aromatic heterocycles. The van der Waals surface area contributed by atoms with Gasteiger partial charge in [-0.3, -0.25) is 4.90 Å². The van der Waals surface area contributed by atoms with Crippen molar-refractivity contribution >= 4 is 12.2 Å². The number of urea groups is 1. The van der Waals surface area contributed by atoms with Gasteiger partial charge < -0.3 is 19.5 Å². The molecule has 1 aliphatic heterocycles. The maximum atomic E-state index is 14.1. The normalized spacial score (nSPS) is 27.3. The molecule has 0 atom stereocenters. The summed E-state index contributed by atoms with van der Waals surface area (Å²) in [7, 11) is 7.96. The number of nitrogens with zero attached hydrogens (tertiary/aromatic N) is 4. The van der Waals surface area contributed by atoms with Crippen molar-refractivity contribution in [2.45, 2.75) is 62.6 Å². The lowest BCUT2D eigenvalue weighted by Gasteiger charge is -2.53. The van der Waals surface area contributed by atoms with E-state index in [2.05, 4.69) is 82.5 Å². The van der Waals surface area contributed by atoms with E-state index in [4.69, 9.17) is 4.74 Å². The van der Waals surface area contributed by atoms with Gasteiger partial charge in [0.05, 0.1) is 12.6 Å². The van der Waals surface area contributed by atoms with Crippen LogP contribution in [-0.4, -0.2) is 73.8 Å². The van der Waals surface area contributed by atoms with Gasteiger partial charge in [-0.2, -0.15) is 0 Å². The Hall–Kier alpha value is -2.86. The van der Waals surface area contributed by atoms with Crippen LogP contribution in [0, 0.1) is 5.41 Å². The fraction of sp³-hybridized carbons (Fsp3) is 0.548. The first-order valence-electron chi connectivity index (χ1n) is 13.7. The molecule has 6 heteroatoms. The van der Waals surface area contributed by atoms with Gasteiger partial charge >= 0.3 is 6.03 Å². The molecule has 0 radical (unpaired) electrons. The van der Waals surface area contributed by atoms with E-state index in [1.54, 1.807) is 7.11 Å². The maximum Gasteiger partial charge on any atom is 0.320 e. The quantitative estimate of drug-likeness (QED) is 0.443. The Morgan fingerprint density at radius 3 is 2.19 bits per heavy atom. The van der Waals surface area contributed by atoms with Crippen LogP contribution in [-0.2, 0) is 12.1 Å². The van der Waals surface area contributed by atoms with Crippen LogP contribution in [0.1, 0.15) is 56.1 Å². The average Bonchev–Trinajstić information content (AvgIpc) is 3.14. The molecule has 2 amide bonds. The number of rotatable bonds is 8. The highest BCUT2D eigenvalue weighted by Crippen LogP contribution is 2.51. The minimum atomic E-state index is -0.137. The van der Waals surface area contributed by atoms with E-state index in [1.165, 1.54) is 12.0 Å². The summed E-state index contributed by atoms with van der Waals surface area (Å²) < 4.78 is 5.33. The second kappa shape index (κ2) is 10.1. The van der Waals surface area contributed by atoms with Crippen LogP contribution in [0.3, 0.4) is 0 Å². The summed E-state index contributed by atoms with van der Waals surface area (Å²) >= 11 is 0. The largest absolute Gasteiger partial charge is 0.497 e. The van der Waals surface area contributed by atoms with E-state index in [1.807, 2.05) is 19.2 Å². The predicted octanol–water partition coefficient (Wildman–Crippen LogP) is 5.57. The Kier molecular flexibility index (Phi) is 7.06. The molecule has 2 aromatic carbocycles. The lowest BCUT2D eigenvalue weighted by molar-refractivity contribution is 0.00983. The number of benzene rings is 2. The lowest BCUT2D eigenvalue weighted by Crippen LogP contribution is -2.58. The first-order chi connectivity index (χ1) is 17.9. The number of hydrogen-bond donors (Lipinski definition) is 0. The van der Waals surface area contributed by atoms with Crippen molar-refractivity contribution in [3.8, 4) is 5.75 Å². The molecule has 1 saturated heterocycles. The van der Waals surface area contributed by atoms with Crippen LogP contribution in [0.4, 0.5) is 4.79 Å². The molecule has 0 bridgehead atoms. The number of ether oxygens (including phenoxy) is 1. The van der Waals surface area contributed by atoms with Crippen molar-refractivity contribution in [3.05, 3.63) is 65.7 Å². The van der Waals surface area contributed by atoms with Crippen LogP contribution in [0.25, 0.3) is 0 Å². The third-order valence-corrected chi connectivity index (χ3v) is 9.49. The Bertz CT molecular complexity index is 1100. The molecule has 37 heavy (non-hydrogen) atoms. The first kappa shape index (κ1) is 25.8. The summed E-state index contributed by atoms with van der Waals surface area (Å²) in [6.07, 6.45) is 9.67. The number of hydrogen-bond acceptors (Lipinski definition) is 4. The van der Waals surface area contributed by atoms with E-state index in [0.717, 1.165) is 62.9 Å². The van der Waals surface area contributed by atoms with Gasteiger partial charge in [-0.25, -0.2) is 4.79 Å². The number of carbonyl (C=O) groups excluding carboxylic acids is 1. The Morgan fingerprint density at radius 1 is 0.973 bits per heavy atom. The van der Waals surface area contributed by atoms with Gasteiger partial charge in [0.15, 0.2) is 0 Å². The molecule has 1 spiro atoms. The third kappa shape index (κ3) is 4.65. The average molecular weight is 503 g/mol. The number of amides is 2. The zero-order valence-corrected chi connectivity index (χ0v) is 22.9. The summed E-state index contributed by atoms with van der Waals surface area (Å²) in [6, 6.07) is 19.2. The number of aliphatic imine (C=N–C) groups is 1. The highest BCUT2D eigenvalue weighted by Gasteiger charge is 2.56. The molecule has 1 heterocycles. The molecule has 2 aromatic rings. The maximum absolute atomic E-state index is 14.1. The monoisotopic (exact) mass is 502 g/mol.